The van der Waals surface area contributed by atoms with Crippen molar-refractivity contribution >= 4 is 22.7 Å². The van der Waals surface area contributed by atoms with Gasteiger partial charge in [0.2, 0.25) is 5.91 Å². The molecule has 6 heteroatoms. The van der Waals surface area contributed by atoms with Crippen molar-refractivity contribution < 1.29 is 14.3 Å². The summed E-state index contributed by atoms with van der Waals surface area (Å²) in [6.45, 7) is 0.789. The zero-order chi connectivity index (χ0) is 22.8. The fourth-order valence-electron chi connectivity index (χ4n) is 4.63. The Morgan fingerprint density at radius 2 is 1.73 bits per heavy atom. The van der Waals surface area contributed by atoms with Gasteiger partial charge in [-0.3, -0.25) is 9.59 Å². The fourth-order valence-corrected chi connectivity index (χ4v) is 4.63. The molecule has 0 saturated heterocycles. The van der Waals surface area contributed by atoms with Crippen LogP contribution < -0.4 is 5.32 Å². The minimum Gasteiger partial charge on any atom is -0.383 e. The van der Waals surface area contributed by atoms with Crippen LogP contribution >= 0.6 is 0 Å². The lowest BCUT2D eigenvalue weighted by atomic mass is 9.93. The smallest absolute Gasteiger partial charge is 0.255 e. The van der Waals surface area contributed by atoms with Crippen molar-refractivity contribution in [3.05, 3.63) is 95.6 Å². The molecule has 0 aliphatic carbocycles. The zero-order valence-corrected chi connectivity index (χ0v) is 18.4. The highest BCUT2D eigenvalue weighted by Gasteiger charge is 2.40. The molecule has 0 bridgehead atoms. The van der Waals surface area contributed by atoms with Gasteiger partial charge in [0.05, 0.1) is 18.3 Å². The Balaban J connectivity index is 1.66. The van der Waals surface area contributed by atoms with Crippen LogP contribution in [0.3, 0.4) is 0 Å². The maximum Gasteiger partial charge on any atom is 0.255 e. The second-order valence-corrected chi connectivity index (χ2v) is 8.09. The van der Waals surface area contributed by atoms with E-state index in [1.165, 1.54) is 0 Å². The van der Waals surface area contributed by atoms with E-state index in [1.807, 2.05) is 60.7 Å². The molecule has 2 heterocycles. The molecule has 1 atom stereocenters. The number of aromatic nitrogens is 1. The van der Waals surface area contributed by atoms with Gasteiger partial charge in [0.15, 0.2) is 0 Å². The van der Waals surface area contributed by atoms with Gasteiger partial charge in [-0.05, 0) is 23.3 Å². The summed E-state index contributed by atoms with van der Waals surface area (Å²) in [7, 11) is 1.59. The Morgan fingerprint density at radius 1 is 1.00 bits per heavy atom. The second kappa shape index (κ2) is 8.92. The Kier molecular flexibility index (Phi) is 5.67. The SMILES string of the molecule is COCCNC(=O)CN1C(=O)c2ccccc2[C@@H]1c1c(-c2ccccc2)[nH]c2ccccc12. The van der Waals surface area contributed by atoms with Crippen LogP contribution in [0.2, 0.25) is 0 Å². The van der Waals surface area contributed by atoms with Crippen LogP contribution in [0.15, 0.2) is 78.9 Å². The van der Waals surface area contributed by atoms with E-state index < -0.39 is 0 Å². The molecule has 4 aromatic rings. The Bertz CT molecular complexity index is 1310. The molecule has 33 heavy (non-hydrogen) atoms. The number of nitrogens with one attached hydrogen (secondary N) is 2. The number of rotatable bonds is 7. The molecule has 166 valence electrons. The van der Waals surface area contributed by atoms with Crippen molar-refractivity contribution in [2.75, 3.05) is 26.8 Å². The van der Waals surface area contributed by atoms with Gasteiger partial charge in [-0.1, -0.05) is 66.7 Å². The quantitative estimate of drug-likeness (QED) is 0.425. The van der Waals surface area contributed by atoms with Crippen molar-refractivity contribution in [2.24, 2.45) is 0 Å². The number of H-pyrrole nitrogens is 1. The van der Waals surface area contributed by atoms with Gasteiger partial charge in [0.25, 0.3) is 5.91 Å². The molecule has 2 amide bonds. The first-order valence-electron chi connectivity index (χ1n) is 11.0. The Labute approximate surface area is 192 Å². The summed E-state index contributed by atoms with van der Waals surface area (Å²) in [6.07, 6.45) is 0. The monoisotopic (exact) mass is 439 g/mol. The van der Waals surface area contributed by atoms with Gasteiger partial charge in [0, 0.05) is 35.7 Å². The maximum atomic E-state index is 13.5. The molecule has 2 N–H and O–H groups in total. The summed E-state index contributed by atoms with van der Waals surface area (Å²) in [6, 6.07) is 25.4. The Morgan fingerprint density at radius 3 is 2.55 bits per heavy atom. The topological polar surface area (TPSA) is 74.4 Å². The van der Waals surface area contributed by atoms with E-state index in [0.717, 1.165) is 33.3 Å². The van der Waals surface area contributed by atoms with Gasteiger partial charge in [-0.2, -0.15) is 0 Å². The normalized spacial score (nSPS) is 15.1. The first-order valence-corrected chi connectivity index (χ1v) is 11.0. The highest BCUT2D eigenvalue weighted by atomic mass is 16.5. The summed E-state index contributed by atoms with van der Waals surface area (Å²) >= 11 is 0. The number of amides is 2. The summed E-state index contributed by atoms with van der Waals surface area (Å²) < 4.78 is 5.03. The van der Waals surface area contributed by atoms with Crippen molar-refractivity contribution in [3.63, 3.8) is 0 Å². The molecule has 0 spiro atoms. The third-order valence-electron chi connectivity index (χ3n) is 6.08. The summed E-state index contributed by atoms with van der Waals surface area (Å²) in [4.78, 5) is 31.4. The van der Waals surface area contributed by atoms with Gasteiger partial charge >= 0.3 is 0 Å². The van der Waals surface area contributed by atoms with Crippen molar-refractivity contribution in [2.45, 2.75) is 6.04 Å². The zero-order valence-electron chi connectivity index (χ0n) is 18.4. The van der Waals surface area contributed by atoms with E-state index in [1.54, 1.807) is 12.0 Å². The van der Waals surface area contributed by atoms with E-state index in [4.69, 9.17) is 4.74 Å². The van der Waals surface area contributed by atoms with Gasteiger partial charge < -0.3 is 19.9 Å². The summed E-state index contributed by atoms with van der Waals surface area (Å²) in [5.41, 5.74) is 5.53. The van der Waals surface area contributed by atoms with Gasteiger partial charge in [-0.15, -0.1) is 0 Å². The average molecular weight is 440 g/mol. The minimum atomic E-state index is -0.381. The number of para-hydroxylation sites is 1. The van der Waals surface area contributed by atoms with Crippen LogP contribution in [0.5, 0.6) is 0 Å². The lowest BCUT2D eigenvalue weighted by Gasteiger charge is -2.26. The van der Waals surface area contributed by atoms with Crippen molar-refractivity contribution in [3.8, 4) is 11.3 Å². The molecule has 1 aliphatic heterocycles. The lowest BCUT2D eigenvalue weighted by molar-refractivity contribution is -0.122. The molecule has 0 radical (unpaired) electrons. The van der Waals surface area contributed by atoms with E-state index >= 15 is 0 Å². The minimum absolute atomic E-state index is 0.0321. The standard InChI is InChI=1S/C27H25N3O3/c1-33-16-15-28-23(31)17-30-26(19-11-5-6-12-20(19)27(30)32)24-21-13-7-8-14-22(21)29-25(24)18-9-3-2-4-10-18/h2-14,26,29H,15-17H2,1H3,(H,28,31)/t26-/m1/s1. The molecular formula is C27H25N3O3. The molecule has 0 saturated carbocycles. The summed E-state index contributed by atoms with van der Waals surface area (Å²) in [5, 5.41) is 3.88. The number of benzene rings is 3. The number of methoxy groups -OCH3 is 1. The van der Waals surface area contributed by atoms with Gasteiger partial charge in [-0.25, -0.2) is 0 Å². The maximum absolute atomic E-state index is 13.5. The highest BCUT2D eigenvalue weighted by molar-refractivity contribution is 6.03. The highest BCUT2D eigenvalue weighted by Crippen LogP contribution is 2.45. The largest absolute Gasteiger partial charge is 0.383 e. The third-order valence-corrected chi connectivity index (χ3v) is 6.08. The molecule has 5 rings (SSSR count). The molecule has 0 unspecified atom stereocenters. The molecule has 0 fully saturated rings. The van der Waals surface area contributed by atoms with Crippen LogP contribution in [0.1, 0.15) is 27.5 Å². The third kappa shape index (κ3) is 3.79. The number of ether oxygens (including phenoxy) is 1. The second-order valence-electron chi connectivity index (χ2n) is 8.09. The van der Waals surface area contributed by atoms with Crippen LogP contribution in [0.4, 0.5) is 0 Å². The number of hydrogen-bond acceptors (Lipinski definition) is 3. The lowest BCUT2D eigenvalue weighted by Crippen LogP contribution is -2.40. The average Bonchev–Trinajstić information content (AvgIpc) is 3.35. The predicted octanol–water partition coefficient (Wildman–Crippen LogP) is 4.14. The number of nitrogens with zero attached hydrogens (tertiary/aromatic N) is 1. The van der Waals surface area contributed by atoms with Crippen LogP contribution in [-0.4, -0.2) is 48.5 Å². The van der Waals surface area contributed by atoms with Crippen LogP contribution in [0.25, 0.3) is 22.2 Å². The summed E-state index contributed by atoms with van der Waals surface area (Å²) in [5.74, 6) is -0.346. The van der Waals surface area contributed by atoms with Crippen LogP contribution in [0, 0.1) is 0 Å². The molecular weight excluding hydrogens is 414 g/mol. The Hall–Kier alpha value is -3.90. The first-order chi connectivity index (χ1) is 16.2. The number of aromatic amines is 1. The number of carbonyl (C=O) groups excluding carboxylic acids is 2. The van der Waals surface area contributed by atoms with E-state index in [0.29, 0.717) is 18.7 Å². The number of hydrogen-bond donors (Lipinski definition) is 2. The number of carbonyl (C=O) groups is 2. The van der Waals surface area contributed by atoms with Crippen molar-refractivity contribution in [1.29, 1.82) is 0 Å². The van der Waals surface area contributed by atoms with Crippen LogP contribution in [-0.2, 0) is 9.53 Å². The van der Waals surface area contributed by atoms with Crippen molar-refractivity contribution in [1.82, 2.24) is 15.2 Å². The first kappa shape index (κ1) is 21.0. The van der Waals surface area contributed by atoms with E-state index in [2.05, 4.69) is 28.5 Å². The molecule has 1 aliphatic rings. The fraction of sp³-hybridized carbons (Fsp3) is 0.185. The number of fused-ring (bicyclic) bond motifs is 2. The molecule has 1 aromatic heterocycles. The van der Waals surface area contributed by atoms with E-state index in [9.17, 15) is 9.59 Å². The molecule has 3 aromatic carbocycles. The van der Waals surface area contributed by atoms with E-state index in [-0.39, 0.29) is 24.4 Å². The van der Waals surface area contributed by atoms with Gasteiger partial charge in [0.1, 0.15) is 6.54 Å². The molecule has 6 nitrogen and oxygen atoms in total. The predicted molar refractivity (Wildman–Crippen MR) is 128 cm³/mol.